The lowest BCUT2D eigenvalue weighted by Gasteiger charge is -2.14. The fourth-order valence-corrected chi connectivity index (χ4v) is 4.11. The molecular formula is C10H14F2N2O4S2. The zero-order valence-corrected chi connectivity index (χ0v) is 12.4. The first-order valence-electron chi connectivity index (χ1n) is 5.37. The molecule has 0 radical (unpaired) electrons. The summed E-state index contributed by atoms with van der Waals surface area (Å²) in [5, 5.41) is 0. The summed E-state index contributed by atoms with van der Waals surface area (Å²) in [6, 6.07) is 0.295. The van der Waals surface area contributed by atoms with Crippen molar-refractivity contribution in [1.29, 1.82) is 0 Å². The highest BCUT2D eigenvalue weighted by molar-refractivity contribution is 7.91. The zero-order valence-electron chi connectivity index (χ0n) is 10.7. The molecule has 1 rings (SSSR count). The van der Waals surface area contributed by atoms with Gasteiger partial charge in [0, 0.05) is 18.0 Å². The maximum Gasteiger partial charge on any atom is 0.246 e. The van der Waals surface area contributed by atoms with Crippen LogP contribution in [0.3, 0.4) is 0 Å². The molecule has 0 bridgehead atoms. The van der Waals surface area contributed by atoms with Crippen LogP contribution < -0.4 is 10.5 Å². The summed E-state index contributed by atoms with van der Waals surface area (Å²) in [6.07, 6.45) is 0.919. The minimum atomic E-state index is -4.53. The molecule has 0 aromatic heterocycles. The third-order valence-corrected chi connectivity index (χ3v) is 4.94. The maximum atomic E-state index is 13.5. The van der Waals surface area contributed by atoms with Gasteiger partial charge in [-0.15, -0.1) is 0 Å². The maximum absolute atomic E-state index is 13.5. The van der Waals surface area contributed by atoms with Gasteiger partial charge in [0.05, 0.1) is 5.75 Å². The highest BCUT2D eigenvalue weighted by Crippen LogP contribution is 2.21. The van der Waals surface area contributed by atoms with Crippen molar-refractivity contribution < 1.29 is 25.6 Å². The number of anilines is 1. The lowest BCUT2D eigenvalue weighted by Crippen LogP contribution is -2.38. The average Bonchev–Trinajstić information content (AvgIpc) is 2.08. The summed E-state index contributed by atoms with van der Waals surface area (Å²) in [7, 11) is -7.97. The summed E-state index contributed by atoms with van der Waals surface area (Å²) in [5.74, 6) is -3.19. The number of nitrogens with one attached hydrogen (secondary N) is 1. The van der Waals surface area contributed by atoms with E-state index < -0.39 is 48.2 Å². The number of nitrogen functional groups attached to an aromatic ring is 1. The summed E-state index contributed by atoms with van der Waals surface area (Å²) in [4.78, 5) is -1.19. The third kappa shape index (κ3) is 4.39. The Morgan fingerprint density at radius 3 is 2.05 bits per heavy atom. The molecule has 0 saturated heterocycles. The molecule has 0 aliphatic rings. The van der Waals surface area contributed by atoms with Gasteiger partial charge in [0.2, 0.25) is 10.0 Å². The van der Waals surface area contributed by atoms with Gasteiger partial charge in [-0.25, -0.2) is 30.3 Å². The van der Waals surface area contributed by atoms with Crippen molar-refractivity contribution in [1.82, 2.24) is 4.72 Å². The topological polar surface area (TPSA) is 106 Å². The van der Waals surface area contributed by atoms with Crippen molar-refractivity contribution >= 4 is 25.5 Å². The standard InChI is InChI=1S/C10H14F2N2O4S2/c1-6(5-19(2,15)16)14-20(17,18)10-8(11)3-7(13)4-9(10)12/h3-4,6,14H,5,13H2,1-2H3. The molecule has 1 unspecified atom stereocenters. The smallest absolute Gasteiger partial charge is 0.246 e. The summed E-state index contributed by atoms with van der Waals surface area (Å²) < 4.78 is 74.8. The molecule has 114 valence electrons. The molecule has 0 spiro atoms. The normalized spacial score (nSPS) is 14.2. The van der Waals surface area contributed by atoms with E-state index in [0.29, 0.717) is 12.1 Å². The Kier molecular flexibility index (Phi) is 4.72. The molecule has 0 heterocycles. The minimum absolute atomic E-state index is 0.261. The molecule has 0 amide bonds. The van der Waals surface area contributed by atoms with E-state index in [1.165, 1.54) is 6.92 Å². The molecule has 1 aromatic rings. The highest BCUT2D eigenvalue weighted by atomic mass is 32.2. The van der Waals surface area contributed by atoms with Crippen molar-refractivity contribution in [2.24, 2.45) is 0 Å². The quantitative estimate of drug-likeness (QED) is 0.754. The number of benzene rings is 1. The Morgan fingerprint density at radius 2 is 1.65 bits per heavy atom. The Hall–Kier alpha value is -1.26. The van der Waals surface area contributed by atoms with Crippen molar-refractivity contribution in [2.45, 2.75) is 17.9 Å². The average molecular weight is 328 g/mol. The van der Waals surface area contributed by atoms with Gasteiger partial charge in [-0.05, 0) is 19.1 Å². The molecule has 1 aromatic carbocycles. The van der Waals surface area contributed by atoms with Crippen LogP contribution in [0.1, 0.15) is 6.92 Å². The molecule has 0 aliphatic carbocycles. The summed E-state index contributed by atoms with van der Waals surface area (Å²) in [5.41, 5.74) is 4.92. The highest BCUT2D eigenvalue weighted by Gasteiger charge is 2.27. The van der Waals surface area contributed by atoms with Crippen LogP contribution in [0.5, 0.6) is 0 Å². The van der Waals surface area contributed by atoms with E-state index in [0.717, 1.165) is 6.26 Å². The van der Waals surface area contributed by atoms with Crippen molar-refractivity contribution in [3.63, 3.8) is 0 Å². The van der Waals surface area contributed by atoms with E-state index in [-0.39, 0.29) is 5.69 Å². The number of halogens is 2. The largest absolute Gasteiger partial charge is 0.399 e. The van der Waals surface area contributed by atoms with E-state index in [1.54, 1.807) is 0 Å². The predicted molar refractivity (Wildman–Crippen MR) is 70.3 cm³/mol. The monoisotopic (exact) mass is 328 g/mol. The van der Waals surface area contributed by atoms with Gasteiger partial charge in [-0.1, -0.05) is 0 Å². The number of hydrogen-bond donors (Lipinski definition) is 2. The van der Waals surface area contributed by atoms with Crippen LogP contribution in [0.15, 0.2) is 17.0 Å². The molecule has 20 heavy (non-hydrogen) atoms. The van der Waals surface area contributed by atoms with E-state index in [2.05, 4.69) is 0 Å². The van der Waals surface area contributed by atoms with Gasteiger partial charge in [-0.2, -0.15) is 0 Å². The second-order valence-corrected chi connectivity index (χ2v) is 8.26. The molecule has 0 aliphatic heterocycles. The lowest BCUT2D eigenvalue weighted by molar-refractivity contribution is 0.511. The first kappa shape index (κ1) is 16.8. The van der Waals surface area contributed by atoms with Crippen molar-refractivity contribution in [3.8, 4) is 0 Å². The molecule has 1 atom stereocenters. The van der Waals surface area contributed by atoms with Crippen LogP contribution in [0.25, 0.3) is 0 Å². The van der Waals surface area contributed by atoms with E-state index in [9.17, 15) is 25.6 Å². The zero-order chi connectivity index (χ0) is 15.7. The predicted octanol–water partition coefficient (Wildman–Crippen LogP) is 0.258. The number of sulfone groups is 1. The van der Waals surface area contributed by atoms with E-state index in [1.807, 2.05) is 4.72 Å². The van der Waals surface area contributed by atoms with Crippen LogP contribution in [0, 0.1) is 11.6 Å². The summed E-state index contributed by atoms with van der Waals surface area (Å²) >= 11 is 0. The minimum Gasteiger partial charge on any atom is -0.399 e. The first-order valence-corrected chi connectivity index (χ1v) is 8.91. The van der Waals surface area contributed by atoms with Gasteiger partial charge >= 0.3 is 0 Å². The molecule has 0 fully saturated rings. The number of rotatable bonds is 5. The third-order valence-electron chi connectivity index (χ3n) is 2.20. The Morgan fingerprint density at radius 1 is 1.20 bits per heavy atom. The van der Waals surface area contributed by atoms with Crippen molar-refractivity contribution in [2.75, 3.05) is 17.7 Å². The molecular weight excluding hydrogens is 314 g/mol. The Balaban J connectivity index is 3.13. The van der Waals surface area contributed by atoms with Crippen LogP contribution in [0.4, 0.5) is 14.5 Å². The number of hydrogen-bond acceptors (Lipinski definition) is 5. The molecule has 0 saturated carbocycles. The summed E-state index contributed by atoms with van der Waals surface area (Å²) in [6.45, 7) is 1.27. The Bertz CT molecular complexity index is 694. The molecule has 6 nitrogen and oxygen atoms in total. The Labute approximate surface area is 115 Å². The fourth-order valence-electron chi connectivity index (χ4n) is 1.65. The second-order valence-electron chi connectivity index (χ2n) is 4.43. The van der Waals surface area contributed by atoms with Crippen LogP contribution in [-0.4, -0.2) is 34.9 Å². The van der Waals surface area contributed by atoms with Gasteiger partial charge < -0.3 is 5.73 Å². The van der Waals surface area contributed by atoms with E-state index >= 15 is 0 Å². The second kappa shape index (κ2) is 5.62. The van der Waals surface area contributed by atoms with Crippen molar-refractivity contribution in [3.05, 3.63) is 23.8 Å². The van der Waals surface area contributed by atoms with Gasteiger partial charge in [0.1, 0.15) is 21.5 Å². The lowest BCUT2D eigenvalue weighted by atomic mass is 10.3. The molecule has 3 N–H and O–H groups in total. The molecule has 10 heteroatoms. The SMILES string of the molecule is CC(CS(C)(=O)=O)NS(=O)(=O)c1c(F)cc(N)cc1F. The van der Waals surface area contributed by atoms with Gasteiger partial charge in [0.15, 0.2) is 4.90 Å². The van der Waals surface area contributed by atoms with Crippen LogP contribution in [0.2, 0.25) is 0 Å². The van der Waals surface area contributed by atoms with Crippen LogP contribution >= 0.6 is 0 Å². The van der Waals surface area contributed by atoms with E-state index in [4.69, 9.17) is 5.73 Å². The van der Waals surface area contributed by atoms with Gasteiger partial charge in [-0.3, -0.25) is 0 Å². The van der Waals surface area contributed by atoms with Gasteiger partial charge in [0.25, 0.3) is 0 Å². The van der Waals surface area contributed by atoms with Crippen LogP contribution in [-0.2, 0) is 19.9 Å². The number of nitrogens with two attached hydrogens (primary N) is 1. The fraction of sp³-hybridized carbons (Fsp3) is 0.400. The number of sulfonamides is 1. The first-order chi connectivity index (χ1) is 8.92.